The highest BCUT2D eigenvalue weighted by Crippen LogP contribution is 2.23. The molecule has 1 aromatic carbocycles. The van der Waals surface area contributed by atoms with Gasteiger partial charge in [-0.2, -0.15) is 0 Å². The van der Waals surface area contributed by atoms with Crippen LogP contribution in [-0.2, 0) is 13.0 Å². The molecule has 0 unspecified atom stereocenters. The van der Waals surface area contributed by atoms with Gasteiger partial charge in [0.1, 0.15) is 5.75 Å². The predicted octanol–water partition coefficient (Wildman–Crippen LogP) is 3.85. The summed E-state index contributed by atoms with van der Waals surface area (Å²) < 4.78 is 6.95. The molecule has 0 aliphatic carbocycles. The van der Waals surface area contributed by atoms with Crippen LogP contribution in [0.3, 0.4) is 0 Å². The van der Waals surface area contributed by atoms with E-state index >= 15 is 0 Å². The van der Waals surface area contributed by atoms with E-state index in [0.29, 0.717) is 0 Å². The molecule has 4 heteroatoms. The molecule has 0 atom stereocenters. The molecule has 0 fully saturated rings. The van der Waals surface area contributed by atoms with Gasteiger partial charge >= 0.3 is 0 Å². The van der Waals surface area contributed by atoms with E-state index in [1.807, 2.05) is 19.2 Å². The number of rotatable bonds is 6. The maximum atomic E-state index is 5.86. The second-order valence-corrected chi connectivity index (χ2v) is 5.91. The second-order valence-electron chi connectivity index (χ2n) is 3.96. The Labute approximate surface area is 120 Å². The molecule has 2 nitrogen and oxygen atoms in total. The lowest BCUT2D eigenvalue weighted by molar-refractivity contribution is 0.319. The van der Waals surface area contributed by atoms with Gasteiger partial charge in [-0.05, 0) is 36.7 Å². The highest BCUT2D eigenvalue weighted by atomic mass is 79.9. The van der Waals surface area contributed by atoms with Crippen LogP contribution in [0.4, 0.5) is 0 Å². The summed E-state index contributed by atoms with van der Waals surface area (Å²) in [6, 6.07) is 10.3. The molecule has 1 aromatic heterocycles. The summed E-state index contributed by atoms with van der Waals surface area (Å²) in [6.07, 6.45) is 0.965. The van der Waals surface area contributed by atoms with Gasteiger partial charge in [-0.3, -0.25) is 0 Å². The van der Waals surface area contributed by atoms with Crippen molar-refractivity contribution >= 4 is 27.3 Å². The first kappa shape index (κ1) is 13.6. The number of benzene rings is 1. The maximum Gasteiger partial charge on any atom is 0.123 e. The summed E-state index contributed by atoms with van der Waals surface area (Å²) in [4.78, 5) is 1.36. The van der Waals surface area contributed by atoms with Crippen LogP contribution >= 0.6 is 27.3 Å². The molecular weight excluding hydrogens is 310 g/mol. The Hall–Kier alpha value is -0.840. The SMILES string of the molecule is CNCc1cc(Br)ccc1OCCc1cccs1. The van der Waals surface area contributed by atoms with E-state index in [-0.39, 0.29) is 0 Å². The highest BCUT2D eigenvalue weighted by Gasteiger charge is 2.04. The number of nitrogens with one attached hydrogen (secondary N) is 1. The average Bonchev–Trinajstić information content (AvgIpc) is 2.85. The fourth-order valence-corrected chi connectivity index (χ4v) is 2.83. The Morgan fingerprint density at radius 2 is 2.22 bits per heavy atom. The highest BCUT2D eigenvalue weighted by molar-refractivity contribution is 9.10. The Balaban J connectivity index is 1.95. The van der Waals surface area contributed by atoms with Gasteiger partial charge in [0.15, 0.2) is 0 Å². The molecule has 96 valence electrons. The van der Waals surface area contributed by atoms with Crippen molar-refractivity contribution in [3.63, 3.8) is 0 Å². The fourth-order valence-electron chi connectivity index (χ4n) is 1.73. The van der Waals surface area contributed by atoms with Crippen molar-refractivity contribution in [2.45, 2.75) is 13.0 Å². The molecule has 0 amide bonds. The van der Waals surface area contributed by atoms with Gasteiger partial charge in [0.25, 0.3) is 0 Å². The minimum absolute atomic E-state index is 0.721. The number of ether oxygens (including phenoxy) is 1. The smallest absolute Gasteiger partial charge is 0.123 e. The standard InChI is InChI=1S/C14H16BrNOS/c1-16-10-11-9-12(15)4-5-14(11)17-7-6-13-3-2-8-18-13/h2-5,8-9,16H,6-7,10H2,1H3. The van der Waals surface area contributed by atoms with Gasteiger partial charge in [-0.25, -0.2) is 0 Å². The summed E-state index contributed by atoms with van der Waals surface area (Å²) in [6.45, 7) is 1.53. The summed E-state index contributed by atoms with van der Waals surface area (Å²) >= 11 is 5.26. The van der Waals surface area contributed by atoms with Crippen LogP contribution in [0.2, 0.25) is 0 Å². The predicted molar refractivity (Wildman–Crippen MR) is 80.4 cm³/mol. The summed E-state index contributed by atoms with van der Waals surface area (Å²) in [5, 5.41) is 5.26. The van der Waals surface area contributed by atoms with Crippen LogP contribution in [0.1, 0.15) is 10.4 Å². The van der Waals surface area contributed by atoms with Crippen LogP contribution in [0, 0.1) is 0 Å². The van der Waals surface area contributed by atoms with Crippen molar-refractivity contribution in [1.82, 2.24) is 5.32 Å². The zero-order valence-corrected chi connectivity index (χ0v) is 12.7. The van der Waals surface area contributed by atoms with Crippen LogP contribution in [0.25, 0.3) is 0 Å². The Morgan fingerprint density at radius 3 is 2.94 bits per heavy atom. The van der Waals surface area contributed by atoms with E-state index in [1.165, 1.54) is 10.4 Å². The molecule has 2 aromatic rings. The quantitative estimate of drug-likeness (QED) is 0.871. The molecule has 0 bridgehead atoms. The summed E-state index contributed by atoms with van der Waals surface area (Å²) in [5.74, 6) is 0.962. The third-order valence-corrected chi connectivity index (χ3v) is 4.01. The lowest BCUT2D eigenvalue weighted by Crippen LogP contribution is -2.08. The molecule has 18 heavy (non-hydrogen) atoms. The van der Waals surface area contributed by atoms with E-state index in [4.69, 9.17) is 4.74 Å². The molecule has 0 radical (unpaired) electrons. The second kappa shape index (κ2) is 6.92. The molecular formula is C14H16BrNOS. The number of hydrogen-bond donors (Lipinski definition) is 1. The van der Waals surface area contributed by atoms with Crippen LogP contribution in [0.5, 0.6) is 5.75 Å². The first-order chi connectivity index (χ1) is 8.79. The van der Waals surface area contributed by atoms with Gasteiger partial charge in [0.05, 0.1) is 6.61 Å². The zero-order chi connectivity index (χ0) is 12.8. The van der Waals surface area contributed by atoms with E-state index in [2.05, 4.69) is 44.8 Å². The Kier molecular flexibility index (Phi) is 5.23. The van der Waals surface area contributed by atoms with Crippen molar-refractivity contribution in [3.8, 4) is 5.75 Å². The molecule has 0 aliphatic rings. The number of halogens is 1. The lowest BCUT2D eigenvalue weighted by atomic mass is 10.2. The zero-order valence-electron chi connectivity index (χ0n) is 10.3. The molecule has 0 aliphatic heterocycles. The first-order valence-electron chi connectivity index (χ1n) is 5.88. The normalized spacial score (nSPS) is 10.6. The molecule has 0 saturated heterocycles. The monoisotopic (exact) mass is 325 g/mol. The Bertz CT molecular complexity index is 485. The van der Waals surface area contributed by atoms with Gasteiger partial charge in [-0.1, -0.05) is 22.0 Å². The van der Waals surface area contributed by atoms with Crippen LogP contribution in [-0.4, -0.2) is 13.7 Å². The molecule has 0 saturated carbocycles. The van der Waals surface area contributed by atoms with Gasteiger partial charge in [0, 0.05) is 27.9 Å². The fraction of sp³-hybridized carbons (Fsp3) is 0.286. The minimum atomic E-state index is 0.721. The molecule has 0 spiro atoms. The largest absolute Gasteiger partial charge is 0.493 e. The average molecular weight is 326 g/mol. The van der Waals surface area contributed by atoms with Crippen molar-refractivity contribution in [2.75, 3.05) is 13.7 Å². The van der Waals surface area contributed by atoms with E-state index in [0.717, 1.165) is 29.8 Å². The molecule has 2 rings (SSSR count). The van der Waals surface area contributed by atoms with Gasteiger partial charge in [0.2, 0.25) is 0 Å². The van der Waals surface area contributed by atoms with Crippen molar-refractivity contribution in [3.05, 3.63) is 50.6 Å². The van der Waals surface area contributed by atoms with Crippen molar-refractivity contribution in [1.29, 1.82) is 0 Å². The van der Waals surface area contributed by atoms with Gasteiger partial charge < -0.3 is 10.1 Å². The van der Waals surface area contributed by atoms with Crippen molar-refractivity contribution in [2.24, 2.45) is 0 Å². The lowest BCUT2D eigenvalue weighted by Gasteiger charge is -2.11. The topological polar surface area (TPSA) is 21.3 Å². The maximum absolute atomic E-state index is 5.86. The first-order valence-corrected chi connectivity index (χ1v) is 7.55. The number of thiophene rings is 1. The summed E-state index contributed by atoms with van der Waals surface area (Å²) in [5.41, 5.74) is 1.18. The molecule has 1 N–H and O–H groups in total. The van der Waals surface area contributed by atoms with E-state index in [9.17, 15) is 0 Å². The third kappa shape index (κ3) is 3.83. The minimum Gasteiger partial charge on any atom is -0.493 e. The van der Waals surface area contributed by atoms with Crippen LogP contribution in [0.15, 0.2) is 40.2 Å². The Morgan fingerprint density at radius 1 is 1.33 bits per heavy atom. The van der Waals surface area contributed by atoms with Crippen molar-refractivity contribution < 1.29 is 4.74 Å². The van der Waals surface area contributed by atoms with E-state index in [1.54, 1.807) is 11.3 Å². The number of hydrogen-bond acceptors (Lipinski definition) is 3. The summed E-state index contributed by atoms with van der Waals surface area (Å²) in [7, 11) is 1.94. The third-order valence-electron chi connectivity index (χ3n) is 2.58. The molecule has 1 heterocycles. The van der Waals surface area contributed by atoms with Crippen LogP contribution < -0.4 is 10.1 Å². The van der Waals surface area contributed by atoms with E-state index < -0.39 is 0 Å². The van der Waals surface area contributed by atoms with Gasteiger partial charge in [-0.15, -0.1) is 11.3 Å².